The topological polar surface area (TPSA) is 159 Å². The summed E-state index contributed by atoms with van der Waals surface area (Å²) in [4.78, 5) is 0. The van der Waals surface area contributed by atoms with Crippen LogP contribution in [0.4, 0.5) is 0 Å². The normalized spacial score (nSPS) is 13.7. The standard InChI is InChI=1S/C56H70O14/c1-41(69-51-23-15-45(16-24-51)55(3,4)43-11-19-49(20-12-43)67-37-47(57)35-61-39-53-9-7-27-65-53)63-33-31-59-29-30-60-32-34-64-42(2)70-52-25-17-46(18-26-52)56(5,6)44-13-21-50(22-14-44)68-38-48(58)36-62-40-54-10-8-28-66-54/h7-28,41-42,47-48,57-58H,29-40H2,1-6H3. The Labute approximate surface area is 412 Å². The lowest BCUT2D eigenvalue weighted by Gasteiger charge is -2.27. The lowest BCUT2D eigenvalue weighted by Crippen LogP contribution is -2.23. The van der Waals surface area contributed by atoms with Crippen molar-refractivity contribution >= 4 is 0 Å². The van der Waals surface area contributed by atoms with Gasteiger partial charge in [0.2, 0.25) is 0 Å². The minimum absolute atomic E-state index is 0.124. The van der Waals surface area contributed by atoms with Crippen molar-refractivity contribution in [3.63, 3.8) is 0 Å². The van der Waals surface area contributed by atoms with Gasteiger partial charge in [0.1, 0.15) is 73.2 Å². The first kappa shape index (κ1) is 53.7. The molecule has 0 saturated heterocycles. The van der Waals surface area contributed by atoms with Gasteiger partial charge in [-0.15, -0.1) is 0 Å². The fraction of sp³-hybridized carbons (Fsp3) is 0.429. The monoisotopic (exact) mass is 966 g/mol. The number of ether oxygens (including phenoxy) is 10. The second-order valence-corrected chi connectivity index (χ2v) is 17.8. The quantitative estimate of drug-likeness (QED) is 0.0297. The number of rotatable bonds is 33. The Bertz CT molecular complexity index is 2130. The molecule has 4 unspecified atom stereocenters. The molecule has 0 spiro atoms. The molecule has 2 heterocycles. The van der Waals surface area contributed by atoms with Crippen molar-refractivity contribution in [1.82, 2.24) is 0 Å². The average Bonchev–Trinajstić information content (AvgIpc) is 4.09. The molecule has 0 radical (unpaired) electrons. The summed E-state index contributed by atoms with van der Waals surface area (Å²) in [6.07, 6.45) is 0.753. The van der Waals surface area contributed by atoms with Gasteiger partial charge in [-0.25, -0.2) is 0 Å². The molecule has 378 valence electrons. The lowest BCUT2D eigenvalue weighted by molar-refractivity contribution is -0.0943. The maximum Gasteiger partial charge on any atom is 0.197 e. The van der Waals surface area contributed by atoms with Crippen LogP contribution in [0.5, 0.6) is 23.0 Å². The van der Waals surface area contributed by atoms with Gasteiger partial charge in [0.15, 0.2) is 12.6 Å². The fourth-order valence-electron chi connectivity index (χ4n) is 7.35. The molecule has 4 aromatic carbocycles. The molecule has 0 fully saturated rings. The van der Waals surface area contributed by atoms with E-state index in [-0.39, 0.29) is 37.3 Å². The summed E-state index contributed by atoms with van der Waals surface area (Å²) in [5, 5.41) is 20.5. The highest BCUT2D eigenvalue weighted by atomic mass is 16.7. The molecule has 0 aliphatic rings. The van der Waals surface area contributed by atoms with Crippen molar-refractivity contribution in [3.05, 3.63) is 168 Å². The van der Waals surface area contributed by atoms with Gasteiger partial charge in [-0.3, -0.25) is 0 Å². The fourth-order valence-corrected chi connectivity index (χ4v) is 7.35. The molecular weight excluding hydrogens is 897 g/mol. The van der Waals surface area contributed by atoms with Crippen molar-refractivity contribution in [2.24, 2.45) is 0 Å². The van der Waals surface area contributed by atoms with Crippen molar-refractivity contribution in [1.29, 1.82) is 0 Å². The van der Waals surface area contributed by atoms with Crippen LogP contribution in [-0.4, -0.2) is 101 Å². The van der Waals surface area contributed by atoms with E-state index in [2.05, 4.69) is 52.0 Å². The number of benzene rings is 4. The second-order valence-electron chi connectivity index (χ2n) is 17.8. The van der Waals surface area contributed by atoms with Crippen molar-refractivity contribution in [3.8, 4) is 23.0 Å². The van der Waals surface area contributed by atoms with E-state index >= 15 is 0 Å². The Balaban J connectivity index is 0.773. The van der Waals surface area contributed by atoms with Crippen molar-refractivity contribution in [2.45, 2.75) is 90.4 Å². The number of furan rings is 2. The van der Waals surface area contributed by atoms with E-state index < -0.39 is 24.8 Å². The summed E-state index contributed by atoms with van der Waals surface area (Å²) in [6, 6.07) is 39.1. The van der Waals surface area contributed by atoms with Gasteiger partial charge in [0.25, 0.3) is 0 Å². The molecule has 0 bridgehead atoms. The molecule has 70 heavy (non-hydrogen) atoms. The first-order chi connectivity index (χ1) is 33.8. The van der Waals surface area contributed by atoms with Crippen LogP contribution in [0, 0.1) is 0 Å². The summed E-state index contributed by atoms with van der Waals surface area (Å²) in [6.45, 7) is 16.0. The number of aliphatic hydroxyl groups excluding tert-OH is 2. The van der Waals surface area contributed by atoms with Gasteiger partial charge < -0.3 is 66.4 Å². The zero-order valence-corrected chi connectivity index (χ0v) is 41.3. The maximum absolute atomic E-state index is 10.2. The van der Waals surface area contributed by atoms with Gasteiger partial charge >= 0.3 is 0 Å². The van der Waals surface area contributed by atoms with Gasteiger partial charge in [-0.05, 0) is 109 Å². The predicted molar refractivity (Wildman–Crippen MR) is 263 cm³/mol. The number of hydrogen-bond donors (Lipinski definition) is 2. The summed E-state index contributed by atoms with van der Waals surface area (Å²) in [5.41, 5.74) is 3.97. The molecule has 0 amide bonds. The van der Waals surface area contributed by atoms with Gasteiger partial charge in [0, 0.05) is 10.8 Å². The smallest absolute Gasteiger partial charge is 0.197 e. The van der Waals surface area contributed by atoms with Gasteiger partial charge in [-0.1, -0.05) is 76.2 Å². The highest BCUT2D eigenvalue weighted by Crippen LogP contribution is 2.35. The van der Waals surface area contributed by atoms with Crippen LogP contribution < -0.4 is 18.9 Å². The molecule has 14 nitrogen and oxygen atoms in total. The zero-order chi connectivity index (χ0) is 49.6. The first-order valence-corrected chi connectivity index (χ1v) is 23.8. The first-order valence-electron chi connectivity index (χ1n) is 23.8. The van der Waals surface area contributed by atoms with Crippen LogP contribution in [0.25, 0.3) is 0 Å². The molecular formula is C56H70O14. The van der Waals surface area contributed by atoms with Crippen LogP contribution >= 0.6 is 0 Å². The Morgan fingerprint density at radius 1 is 0.414 bits per heavy atom. The minimum Gasteiger partial charge on any atom is -0.491 e. The molecule has 6 aromatic rings. The molecule has 0 aliphatic heterocycles. The predicted octanol–water partition coefficient (Wildman–Crippen LogP) is 9.65. The third-order valence-corrected chi connectivity index (χ3v) is 11.6. The van der Waals surface area contributed by atoms with Gasteiger partial charge in [0.05, 0.1) is 65.4 Å². The van der Waals surface area contributed by atoms with E-state index in [1.165, 1.54) is 0 Å². The maximum atomic E-state index is 10.2. The van der Waals surface area contributed by atoms with E-state index in [1.54, 1.807) is 24.7 Å². The van der Waals surface area contributed by atoms with Crippen LogP contribution in [0.15, 0.2) is 143 Å². The molecule has 2 aromatic heterocycles. The lowest BCUT2D eigenvalue weighted by atomic mass is 9.78. The second kappa shape index (κ2) is 27.6. The molecule has 6 rings (SSSR count). The zero-order valence-electron chi connectivity index (χ0n) is 41.3. The third-order valence-electron chi connectivity index (χ3n) is 11.6. The Kier molecular flexibility index (Phi) is 21.2. The Morgan fingerprint density at radius 2 is 0.743 bits per heavy atom. The molecule has 14 heteroatoms. The highest BCUT2D eigenvalue weighted by Gasteiger charge is 2.25. The van der Waals surface area contributed by atoms with Crippen LogP contribution in [0.2, 0.25) is 0 Å². The van der Waals surface area contributed by atoms with Crippen LogP contribution in [0.1, 0.15) is 75.3 Å². The van der Waals surface area contributed by atoms with Crippen molar-refractivity contribution in [2.75, 3.05) is 66.1 Å². The third kappa shape index (κ3) is 17.6. The minimum atomic E-state index is -0.757. The summed E-state index contributed by atoms with van der Waals surface area (Å²) in [5.74, 6) is 4.19. The van der Waals surface area contributed by atoms with E-state index in [0.717, 1.165) is 22.3 Å². The molecule has 4 atom stereocenters. The molecule has 0 aliphatic carbocycles. The van der Waals surface area contributed by atoms with E-state index in [1.807, 2.05) is 98.8 Å². The summed E-state index contributed by atoms with van der Waals surface area (Å²) < 4.78 is 68.0. The highest BCUT2D eigenvalue weighted by molar-refractivity contribution is 5.43. The average molecular weight is 967 g/mol. The largest absolute Gasteiger partial charge is 0.491 e. The SMILES string of the molecule is CC(OCCOCCOCCOC(C)Oc1ccc(C(C)(C)c2ccc(OCC(O)COCc3ccco3)cc2)cc1)Oc1ccc(C(C)(C)c2ccc(OCC(O)COCc3ccco3)cc2)cc1. The summed E-state index contributed by atoms with van der Waals surface area (Å²) >= 11 is 0. The number of hydrogen-bond acceptors (Lipinski definition) is 14. The van der Waals surface area contributed by atoms with Crippen molar-refractivity contribution < 1.29 is 66.4 Å². The Hall–Kier alpha value is -5.68. The summed E-state index contributed by atoms with van der Waals surface area (Å²) in [7, 11) is 0. The van der Waals surface area contributed by atoms with Gasteiger partial charge in [-0.2, -0.15) is 0 Å². The molecule has 0 saturated carbocycles. The van der Waals surface area contributed by atoms with Crippen LogP contribution in [-0.2, 0) is 52.5 Å². The Morgan fingerprint density at radius 3 is 1.07 bits per heavy atom. The van der Waals surface area contributed by atoms with Crippen LogP contribution in [0.3, 0.4) is 0 Å². The number of aliphatic hydroxyl groups is 2. The van der Waals surface area contributed by atoms with E-state index in [4.69, 9.17) is 56.2 Å². The van der Waals surface area contributed by atoms with E-state index in [0.29, 0.717) is 87.4 Å². The van der Waals surface area contributed by atoms with E-state index in [9.17, 15) is 10.2 Å². The molecule has 2 N–H and O–H groups in total.